The van der Waals surface area contributed by atoms with Gasteiger partial charge in [-0.2, -0.15) is 0 Å². The molecule has 3 fully saturated rings. The maximum atomic E-state index is 13.7. The van der Waals surface area contributed by atoms with Gasteiger partial charge in [-0.15, -0.1) is 0 Å². The van der Waals surface area contributed by atoms with Gasteiger partial charge in [0.05, 0.1) is 0 Å². The van der Waals surface area contributed by atoms with Crippen LogP contribution in [0.2, 0.25) is 0 Å². The van der Waals surface area contributed by atoms with Crippen molar-refractivity contribution >= 4 is 5.91 Å². The molecule has 5 nitrogen and oxygen atoms in total. The molecule has 1 aromatic heterocycles. The molecule has 164 valence electrons. The van der Waals surface area contributed by atoms with Gasteiger partial charge in [0, 0.05) is 50.4 Å². The number of likely N-dealkylation sites (tertiary alicyclic amines) is 2. The van der Waals surface area contributed by atoms with Crippen molar-refractivity contribution in [2.75, 3.05) is 19.6 Å². The van der Waals surface area contributed by atoms with Crippen LogP contribution in [0.15, 0.2) is 47.3 Å². The van der Waals surface area contributed by atoms with E-state index in [1.807, 2.05) is 13.0 Å². The molecule has 1 saturated carbocycles. The van der Waals surface area contributed by atoms with E-state index in [1.165, 1.54) is 24.8 Å². The number of pyridine rings is 1. The number of aryl methyl sites for hydroxylation is 1. The fourth-order valence-corrected chi connectivity index (χ4v) is 6.47. The van der Waals surface area contributed by atoms with Gasteiger partial charge < -0.3 is 9.47 Å². The van der Waals surface area contributed by atoms with Crippen LogP contribution in [0.3, 0.4) is 0 Å². The molecule has 1 aromatic carbocycles. The molecule has 5 heteroatoms. The van der Waals surface area contributed by atoms with Crippen molar-refractivity contribution in [3.8, 4) is 0 Å². The molecule has 3 heterocycles. The highest BCUT2D eigenvalue weighted by molar-refractivity contribution is 5.94. The summed E-state index contributed by atoms with van der Waals surface area (Å²) < 4.78 is 1.60. The van der Waals surface area contributed by atoms with Gasteiger partial charge in [0.2, 0.25) is 0 Å². The summed E-state index contributed by atoms with van der Waals surface area (Å²) in [6.45, 7) is 5.76. The average Bonchev–Trinajstić information content (AvgIpc) is 3.30. The zero-order chi connectivity index (χ0) is 21.6. The topological polar surface area (TPSA) is 45.6 Å². The molecule has 1 spiro atoms. The second-order valence-electron chi connectivity index (χ2n) is 9.88. The first-order valence-electron chi connectivity index (χ1n) is 11.7. The smallest absolute Gasteiger partial charge is 0.263 e. The van der Waals surface area contributed by atoms with Crippen molar-refractivity contribution in [1.82, 2.24) is 14.4 Å². The summed E-state index contributed by atoms with van der Waals surface area (Å²) in [5.74, 6) is 0.960. The highest BCUT2D eigenvalue weighted by atomic mass is 16.2. The van der Waals surface area contributed by atoms with E-state index in [2.05, 4.69) is 40.1 Å². The Morgan fingerprint density at radius 1 is 1.00 bits per heavy atom. The number of fused-ring (bicyclic) bond motifs is 2. The molecule has 2 aromatic rings. The lowest BCUT2D eigenvalue weighted by molar-refractivity contribution is 0.0344. The third-order valence-corrected chi connectivity index (χ3v) is 8.16. The van der Waals surface area contributed by atoms with E-state index in [4.69, 9.17) is 0 Å². The van der Waals surface area contributed by atoms with Gasteiger partial charge in [0.15, 0.2) is 0 Å². The monoisotopic (exact) mass is 419 g/mol. The molecular formula is C26H33N3O2. The lowest BCUT2D eigenvalue weighted by Crippen LogP contribution is -2.54. The molecule has 5 rings (SSSR count). The van der Waals surface area contributed by atoms with E-state index in [9.17, 15) is 9.59 Å². The molecule has 31 heavy (non-hydrogen) atoms. The third-order valence-electron chi connectivity index (χ3n) is 8.16. The van der Waals surface area contributed by atoms with Crippen LogP contribution in [0.5, 0.6) is 0 Å². The van der Waals surface area contributed by atoms with Gasteiger partial charge in [0.25, 0.3) is 11.5 Å². The van der Waals surface area contributed by atoms with Gasteiger partial charge in [-0.25, -0.2) is 0 Å². The number of benzene rings is 1. The van der Waals surface area contributed by atoms with Crippen molar-refractivity contribution in [2.45, 2.75) is 51.1 Å². The molecule has 1 aliphatic carbocycles. The molecule has 2 unspecified atom stereocenters. The van der Waals surface area contributed by atoms with Crippen molar-refractivity contribution in [3.63, 3.8) is 0 Å². The van der Waals surface area contributed by atoms with E-state index in [1.54, 1.807) is 17.7 Å². The summed E-state index contributed by atoms with van der Waals surface area (Å²) in [6, 6.07) is 14.3. The second kappa shape index (κ2) is 7.94. The Morgan fingerprint density at radius 2 is 1.74 bits per heavy atom. The van der Waals surface area contributed by atoms with E-state index in [-0.39, 0.29) is 17.0 Å². The van der Waals surface area contributed by atoms with Crippen LogP contribution in [0.4, 0.5) is 0 Å². The minimum atomic E-state index is -0.168. The fraction of sp³-hybridized carbons (Fsp3) is 0.538. The zero-order valence-electron chi connectivity index (χ0n) is 18.7. The van der Waals surface area contributed by atoms with Crippen LogP contribution in [0.1, 0.15) is 53.7 Å². The van der Waals surface area contributed by atoms with Gasteiger partial charge in [0.1, 0.15) is 5.56 Å². The third kappa shape index (κ3) is 3.43. The number of amides is 1. The van der Waals surface area contributed by atoms with Crippen LogP contribution in [-0.4, -0.2) is 45.4 Å². The minimum absolute atomic E-state index is 0.0495. The quantitative estimate of drug-likeness (QED) is 0.764. The van der Waals surface area contributed by atoms with Crippen LogP contribution in [0.25, 0.3) is 0 Å². The first-order valence-corrected chi connectivity index (χ1v) is 11.7. The van der Waals surface area contributed by atoms with Gasteiger partial charge in [-0.05, 0) is 43.4 Å². The molecule has 2 saturated heterocycles. The highest BCUT2D eigenvalue weighted by Gasteiger charge is 2.58. The van der Waals surface area contributed by atoms with Crippen LogP contribution in [-0.2, 0) is 13.6 Å². The predicted octanol–water partition coefficient (Wildman–Crippen LogP) is 3.60. The number of aromatic nitrogens is 1. The average molecular weight is 420 g/mol. The SMILES string of the molecule is Cc1ccc(C(=O)N2CC3CN(Cc4ccccc4)CC3C23CCCCC3)c(=O)n1C. The number of hydrogen-bond acceptors (Lipinski definition) is 3. The van der Waals surface area contributed by atoms with Gasteiger partial charge in [-0.3, -0.25) is 14.5 Å². The van der Waals surface area contributed by atoms with E-state index >= 15 is 0 Å². The Hall–Kier alpha value is -2.40. The van der Waals surface area contributed by atoms with Crippen molar-refractivity contribution in [2.24, 2.45) is 18.9 Å². The Balaban J connectivity index is 1.42. The van der Waals surface area contributed by atoms with Crippen LogP contribution >= 0.6 is 0 Å². The number of carbonyl (C=O) groups is 1. The van der Waals surface area contributed by atoms with Gasteiger partial charge in [-0.1, -0.05) is 49.6 Å². The molecule has 0 N–H and O–H groups in total. The molecule has 0 radical (unpaired) electrons. The summed E-state index contributed by atoms with van der Waals surface area (Å²) in [5.41, 5.74) is 2.32. The number of hydrogen-bond donors (Lipinski definition) is 0. The number of carbonyl (C=O) groups excluding carboxylic acids is 1. The first-order chi connectivity index (χ1) is 15.0. The Labute approximate surface area is 184 Å². The van der Waals surface area contributed by atoms with Crippen LogP contribution < -0.4 is 5.56 Å². The molecule has 2 atom stereocenters. The molecule has 2 aliphatic heterocycles. The number of rotatable bonds is 3. The molecule has 1 amide bonds. The van der Waals surface area contributed by atoms with Gasteiger partial charge >= 0.3 is 0 Å². The Morgan fingerprint density at radius 3 is 2.48 bits per heavy atom. The Kier molecular flexibility index (Phi) is 5.25. The van der Waals surface area contributed by atoms with Crippen molar-refractivity contribution in [1.29, 1.82) is 0 Å². The van der Waals surface area contributed by atoms with E-state index < -0.39 is 0 Å². The molecule has 0 bridgehead atoms. The lowest BCUT2D eigenvalue weighted by Gasteiger charge is -2.45. The van der Waals surface area contributed by atoms with Crippen molar-refractivity contribution < 1.29 is 4.79 Å². The number of nitrogens with zero attached hydrogens (tertiary/aromatic N) is 3. The second-order valence-corrected chi connectivity index (χ2v) is 9.88. The van der Waals surface area contributed by atoms with Crippen molar-refractivity contribution in [3.05, 3.63) is 69.6 Å². The summed E-state index contributed by atoms with van der Waals surface area (Å²) in [7, 11) is 1.75. The zero-order valence-corrected chi connectivity index (χ0v) is 18.7. The Bertz CT molecular complexity index is 1020. The first kappa shape index (κ1) is 20.5. The summed E-state index contributed by atoms with van der Waals surface area (Å²) in [4.78, 5) is 31.3. The molecular weight excluding hydrogens is 386 g/mol. The largest absolute Gasteiger partial charge is 0.332 e. The lowest BCUT2D eigenvalue weighted by atomic mass is 9.71. The van der Waals surface area contributed by atoms with Crippen LogP contribution in [0, 0.1) is 18.8 Å². The fourth-order valence-electron chi connectivity index (χ4n) is 6.47. The van der Waals surface area contributed by atoms with E-state index in [0.717, 1.165) is 44.7 Å². The van der Waals surface area contributed by atoms with E-state index in [0.29, 0.717) is 17.4 Å². The highest BCUT2D eigenvalue weighted by Crippen LogP contribution is 2.51. The predicted molar refractivity (Wildman–Crippen MR) is 122 cm³/mol. The molecule has 3 aliphatic rings. The summed E-state index contributed by atoms with van der Waals surface area (Å²) in [5, 5.41) is 0. The maximum absolute atomic E-state index is 13.7. The maximum Gasteiger partial charge on any atom is 0.263 e. The summed E-state index contributed by atoms with van der Waals surface area (Å²) in [6.07, 6.45) is 5.76. The minimum Gasteiger partial charge on any atom is -0.332 e. The summed E-state index contributed by atoms with van der Waals surface area (Å²) >= 11 is 0. The standard InChI is InChI=1S/C26H33N3O2/c1-19-11-12-22(24(30)27(19)2)25(31)29-17-21-16-28(15-20-9-5-3-6-10-20)18-23(21)26(29)13-7-4-8-14-26/h3,5-6,9-12,21,23H,4,7-8,13-18H2,1-2H3. The normalized spacial score (nSPS) is 25.2.